The summed E-state index contributed by atoms with van der Waals surface area (Å²) < 4.78 is 11.4. The highest BCUT2D eigenvalue weighted by molar-refractivity contribution is 5.94. The smallest absolute Gasteiger partial charge is 0.408 e. The zero-order chi connectivity index (χ0) is 39.7. The van der Waals surface area contributed by atoms with Crippen molar-refractivity contribution in [3.63, 3.8) is 0 Å². The third kappa shape index (κ3) is 15.1. The van der Waals surface area contributed by atoms with Crippen molar-refractivity contribution < 1.29 is 28.7 Å². The lowest BCUT2D eigenvalue weighted by Crippen LogP contribution is -2.55. The van der Waals surface area contributed by atoms with Crippen LogP contribution in [0, 0.1) is 12.3 Å². The van der Waals surface area contributed by atoms with Crippen LogP contribution in [-0.4, -0.2) is 58.6 Å². The summed E-state index contributed by atoms with van der Waals surface area (Å²) in [6.07, 6.45) is 11.0. The van der Waals surface area contributed by atoms with Crippen molar-refractivity contribution >= 4 is 23.9 Å². The number of carbonyl (C=O) groups is 4. The summed E-state index contributed by atoms with van der Waals surface area (Å²) in [5.74, 6) is 0.991. The van der Waals surface area contributed by atoms with Gasteiger partial charge in [-0.25, -0.2) is 9.59 Å². The number of alkyl carbamates (subject to hydrolysis) is 1. The molecule has 3 atom stereocenters. The number of amides is 3. The second kappa shape index (κ2) is 21.0. The van der Waals surface area contributed by atoms with Crippen LogP contribution in [0.5, 0.6) is 0 Å². The number of terminal acetylenes is 1. The standard InChI is InChI=1S/C45H59N3O6/c1-9-11-12-13-14-21-30-48(41(50)37(31-34-22-17-15-18-23-34)47-43(52)54-45(6,7)8)39(36-28-26-33(10-2)27-29-36)40(49)46-38(42(51)53-44(3,4)5)32-35-24-19-16-20-25-35/h2,15-20,22-29,37-39H,9,11-14,21,30-32H2,1,3-8H3,(H,46,49)(H,47,52). The summed E-state index contributed by atoms with van der Waals surface area (Å²) in [7, 11) is 0. The number of ether oxygens (including phenoxy) is 2. The van der Waals surface area contributed by atoms with Crippen LogP contribution < -0.4 is 10.6 Å². The molecule has 3 amide bonds. The molecule has 0 aliphatic carbocycles. The van der Waals surface area contributed by atoms with E-state index in [1.54, 1.807) is 65.8 Å². The van der Waals surface area contributed by atoms with Crippen LogP contribution in [0.15, 0.2) is 84.9 Å². The van der Waals surface area contributed by atoms with Crippen LogP contribution in [0.1, 0.15) is 115 Å². The zero-order valence-corrected chi connectivity index (χ0v) is 33.2. The average Bonchev–Trinajstić information content (AvgIpc) is 3.11. The molecule has 9 heteroatoms. The third-order valence-electron chi connectivity index (χ3n) is 8.55. The van der Waals surface area contributed by atoms with Gasteiger partial charge in [-0.15, -0.1) is 6.42 Å². The number of benzene rings is 3. The predicted molar refractivity (Wildman–Crippen MR) is 213 cm³/mol. The first-order valence-electron chi connectivity index (χ1n) is 19.1. The molecule has 0 saturated heterocycles. The number of carbonyl (C=O) groups excluding carboxylic acids is 4. The molecule has 9 nitrogen and oxygen atoms in total. The van der Waals surface area contributed by atoms with E-state index in [-0.39, 0.29) is 19.4 Å². The van der Waals surface area contributed by atoms with Crippen LogP contribution in [0.2, 0.25) is 0 Å². The molecular weight excluding hydrogens is 679 g/mol. The van der Waals surface area contributed by atoms with E-state index in [1.165, 1.54) is 4.90 Å². The minimum absolute atomic E-state index is 0.158. The molecule has 0 saturated carbocycles. The largest absolute Gasteiger partial charge is 0.458 e. The van der Waals surface area contributed by atoms with Gasteiger partial charge >= 0.3 is 12.1 Å². The molecule has 3 aromatic carbocycles. The van der Waals surface area contributed by atoms with E-state index in [4.69, 9.17) is 15.9 Å². The number of hydrogen-bond donors (Lipinski definition) is 2. The fourth-order valence-corrected chi connectivity index (χ4v) is 6.03. The second-order valence-electron chi connectivity index (χ2n) is 15.6. The second-order valence-corrected chi connectivity index (χ2v) is 15.6. The van der Waals surface area contributed by atoms with Gasteiger partial charge in [0.1, 0.15) is 29.3 Å². The predicted octanol–water partition coefficient (Wildman–Crippen LogP) is 8.10. The fraction of sp³-hybridized carbons (Fsp3) is 0.467. The Balaban J connectivity index is 2.13. The zero-order valence-electron chi connectivity index (χ0n) is 33.2. The summed E-state index contributed by atoms with van der Waals surface area (Å²) in [5, 5.41) is 5.79. The van der Waals surface area contributed by atoms with Crippen LogP contribution in [0.25, 0.3) is 0 Å². The Morgan fingerprint density at radius 1 is 0.685 bits per heavy atom. The first-order chi connectivity index (χ1) is 25.6. The maximum absolute atomic E-state index is 15.0. The molecule has 54 heavy (non-hydrogen) atoms. The summed E-state index contributed by atoms with van der Waals surface area (Å²) >= 11 is 0. The highest BCUT2D eigenvalue weighted by atomic mass is 16.6. The molecule has 0 fully saturated rings. The number of nitrogens with one attached hydrogen (secondary N) is 2. The van der Waals surface area contributed by atoms with Gasteiger partial charge < -0.3 is 25.0 Å². The first kappa shape index (κ1) is 43.3. The molecule has 3 aromatic rings. The van der Waals surface area contributed by atoms with E-state index < -0.39 is 53.2 Å². The summed E-state index contributed by atoms with van der Waals surface area (Å²) in [4.78, 5) is 58.3. The highest BCUT2D eigenvalue weighted by Crippen LogP contribution is 2.26. The molecule has 0 radical (unpaired) electrons. The Morgan fingerprint density at radius 2 is 1.20 bits per heavy atom. The number of unbranched alkanes of at least 4 members (excludes halogenated alkanes) is 5. The molecule has 3 rings (SSSR count). The molecule has 3 unspecified atom stereocenters. The number of esters is 1. The van der Waals surface area contributed by atoms with E-state index in [2.05, 4.69) is 23.5 Å². The summed E-state index contributed by atoms with van der Waals surface area (Å²) in [6, 6.07) is 22.3. The van der Waals surface area contributed by atoms with E-state index in [9.17, 15) is 14.4 Å². The van der Waals surface area contributed by atoms with E-state index in [1.807, 2.05) is 60.7 Å². The van der Waals surface area contributed by atoms with Gasteiger partial charge in [0.25, 0.3) is 0 Å². The summed E-state index contributed by atoms with van der Waals surface area (Å²) in [5.41, 5.74) is 1.14. The Labute approximate surface area is 322 Å². The van der Waals surface area contributed by atoms with Crippen molar-refractivity contribution in [2.24, 2.45) is 0 Å². The van der Waals surface area contributed by atoms with Crippen molar-refractivity contribution in [1.82, 2.24) is 15.5 Å². The molecular formula is C45H59N3O6. The molecule has 0 aliphatic rings. The van der Waals surface area contributed by atoms with Crippen LogP contribution in [0.4, 0.5) is 4.79 Å². The fourth-order valence-electron chi connectivity index (χ4n) is 6.03. The quantitative estimate of drug-likeness (QED) is 0.0775. The third-order valence-corrected chi connectivity index (χ3v) is 8.55. The van der Waals surface area contributed by atoms with E-state index in [0.29, 0.717) is 17.5 Å². The number of nitrogens with zero attached hydrogens (tertiary/aromatic N) is 1. The maximum atomic E-state index is 15.0. The van der Waals surface area contributed by atoms with Crippen molar-refractivity contribution in [3.8, 4) is 12.3 Å². The van der Waals surface area contributed by atoms with Gasteiger partial charge in [0.15, 0.2) is 0 Å². The highest BCUT2D eigenvalue weighted by Gasteiger charge is 2.38. The Hall–Kier alpha value is -5.10. The van der Waals surface area contributed by atoms with Gasteiger partial charge in [-0.1, -0.05) is 118 Å². The lowest BCUT2D eigenvalue weighted by molar-refractivity contribution is -0.159. The van der Waals surface area contributed by atoms with Crippen LogP contribution >= 0.6 is 0 Å². The molecule has 290 valence electrons. The normalized spacial score (nSPS) is 13.1. The Morgan fingerprint density at radius 3 is 1.72 bits per heavy atom. The van der Waals surface area contributed by atoms with Crippen LogP contribution in [0.3, 0.4) is 0 Å². The first-order valence-corrected chi connectivity index (χ1v) is 19.1. The molecule has 0 spiro atoms. The lowest BCUT2D eigenvalue weighted by Gasteiger charge is -2.35. The SMILES string of the molecule is C#Cc1ccc(C(C(=O)NC(Cc2ccccc2)C(=O)OC(C)(C)C)N(CCCCCCCC)C(=O)C(Cc2ccccc2)NC(=O)OC(C)(C)C)cc1. The number of hydrogen-bond acceptors (Lipinski definition) is 6. The molecule has 0 bridgehead atoms. The van der Waals surface area contributed by atoms with Crippen molar-refractivity contribution in [3.05, 3.63) is 107 Å². The number of rotatable bonds is 18. The topological polar surface area (TPSA) is 114 Å². The Kier molecular flexibility index (Phi) is 16.8. The van der Waals surface area contributed by atoms with Crippen molar-refractivity contribution in [2.45, 2.75) is 129 Å². The van der Waals surface area contributed by atoms with Crippen molar-refractivity contribution in [1.29, 1.82) is 0 Å². The minimum atomic E-state index is -1.18. The van der Waals surface area contributed by atoms with Gasteiger partial charge in [-0.05, 0) is 76.8 Å². The van der Waals surface area contributed by atoms with Gasteiger partial charge in [0.2, 0.25) is 11.8 Å². The Bertz CT molecular complexity index is 1670. The van der Waals surface area contributed by atoms with Crippen molar-refractivity contribution in [2.75, 3.05) is 6.54 Å². The van der Waals surface area contributed by atoms with Gasteiger partial charge in [-0.3, -0.25) is 9.59 Å². The molecule has 0 aromatic heterocycles. The molecule has 0 aliphatic heterocycles. The maximum Gasteiger partial charge on any atom is 0.408 e. The van der Waals surface area contributed by atoms with Gasteiger partial charge in [0, 0.05) is 24.9 Å². The van der Waals surface area contributed by atoms with E-state index >= 15 is 4.79 Å². The average molecular weight is 738 g/mol. The van der Waals surface area contributed by atoms with Gasteiger partial charge in [-0.2, -0.15) is 0 Å². The van der Waals surface area contributed by atoms with E-state index in [0.717, 1.165) is 43.2 Å². The molecule has 0 heterocycles. The lowest BCUT2D eigenvalue weighted by atomic mass is 9.98. The van der Waals surface area contributed by atoms with Gasteiger partial charge in [0.05, 0.1) is 0 Å². The minimum Gasteiger partial charge on any atom is -0.458 e. The molecule has 2 N–H and O–H groups in total. The van der Waals surface area contributed by atoms with Crippen LogP contribution in [-0.2, 0) is 36.7 Å². The monoisotopic (exact) mass is 737 g/mol. The summed E-state index contributed by atoms with van der Waals surface area (Å²) in [6.45, 7) is 12.9.